The summed E-state index contributed by atoms with van der Waals surface area (Å²) in [6.45, 7) is 5.62. The van der Waals surface area contributed by atoms with Crippen LogP contribution in [0.25, 0.3) is 11.1 Å². The second-order valence-corrected chi connectivity index (χ2v) is 10.5. The topological polar surface area (TPSA) is 115 Å². The number of rotatable bonds is 7. The lowest BCUT2D eigenvalue weighted by molar-refractivity contribution is -0.142. The van der Waals surface area contributed by atoms with Gasteiger partial charge in [-0.25, -0.2) is 4.39 Å². The largest absolute Gasteiger partial charge is 0.492 e. The summed E-state index contributed by atoms with van der Waals surface area (Å²) in [6, 6.07) is 15.7. The van der Waals surface area contributed by atoms with Crippen molar-refractivity contribution in [1.29, 1.82) is 5.26 Å². The maximum atomic E-state index is 15.1. The van der Waals surface area contributed by atoms with Crippen LogP contribution >= 0.6 is 0 Å². The quantitative estimate of drug-likeness (QED) is 0.259. The van der Waals surface area contributed by atoms with E-state index in [1.54, 1.807) is 37.3 Å². The molecule has 0 amide bonds. The summed E-state index contributed by atoms with van der Waals surface area (Å²) in [4.78, 5) is 11.5. The highest BCUT2D eigenvalue weighted by Gasteiger charge is 2.34. The van der Waals surface area contributed by atoms with Crippen molar-refractivity contribution in [3.05, 3.63) is 88.1 Å². The molecule has 0 fully saturated rings. The van der Waals surface area contributed by atoms with Crippen molar-refractivity contribution >= 4 is 5.97 Å². The Morgan fingerprint density at radius 3 is 2.71 bits per heavy atom. The zero-order valence-electron chi connectivity index (χ0n) is 22.7. The molecule has 0 radical (unpaired) electrons. The van der Waals surface area contributed by atoms with Crippen LogP contribution in [0.2, 0.25) is 0 Å². The first-order valence-electron chi connectivity index (χ1n) is 13.4. The number of carbonyl (C=O) groups is 1. The summed E-state index contributed by atoms with van der Waals surface area (Å²) in [5.41, 5.74) is 4.64. The molecule has 1 aromatic heterocycles. The van der Waals surface area contributed by atoms with Crippen molar-refractivity contribution in [2.45, 2.75) is 45.6 Å². The predicted molar refractivity (Wildman–Crippen MR) is 146 cm³/mol. The van der Waals surface area contributed by atoms with E-state index in [0.717, 1.165) is 22.4 Å². The van der Waals surface area contributed by atoms with Crippen LogP contribution in [0.1, 0.15) is 59.1 Å². The van der Waals surface area contributed by atoms with Crippen LogP contribution in [0.4, 0.5) is 4.39 Å². The molecule has 1 aliphatic carbocycles. The Morgan fingerprint density at radius 2 is 1.98 bits per heavy atom. The lowest BCUT2D eigenvalue weighted by atomic mass is 9.89. The lowest BCUT2D eigenvalue weighted by Gasteiger charge is -2.18. The summed E-state index contributed by atoms with van der Waals surface area (Å²) >= 11 is 0. The molecule has 0 saturated carbocycles. The highest BCUT2D eigenvalue weighted by molar-refractivity contribution is 5.72. The van der Waals surface area contributed by atoms with Crippen LogP contribution in [0.3, 0.4) is 0 Å². The number of aromatic nitrogens is 1. The molecule has 1 aliphatic heterocycles. The third-order valence-corrected chi connectivity index (χ3v) is 7.96. The predicted octanol–water partition coefficient (Wildman–Crippen LogP) is 7.02. The second kappa shape index (κ2) is 10.3. The van der Waals surface area contributed by atoms with Gasteiger partial charge in [-0.1, -0.05) is 24.2 Å². The summed E-state index contributed by atoms with van der Waals surface area (Å²) in [5, 5.41) is 23.2. The van der Waals surface area contributed by atoms with E-state index in [9.17, 15) is 15.2 Å². The summed E-state index contributed by atoms with van der Waals surface area (Å²) < 4.78 is 38.6. The van der Waals surface area contributed by atoms with Crippen molar-refractivity contribution in [3.63, 3.8) is 0 Å². The summed E-state index contributed by atoms with van der Waals surface area (Å²) in [7, 11) is 0. The Morgan fingerprint density at radius 1 is 1.17 bits per heavy atom. The molecular formula is C32H27FN2O6. The van der Waals surface area contributed by atoms with Gasteiger partial charge in [0.2, 0.25) is 0 Å². The molecular weight excluding hydrogens is 527 g/mol. The van der Waals surface area contributed by atoms with E-state index in [0.29, 0.717) is 58.3 Å². The fourth-order valence-electron chi connectivity index (χ4n) is 5.77. The first-order chi connectivity index (χ1) is 19.7. The fourth-order valence-corrected chi connectivity index (χ4v) is 5.77. The fraction of sp³-hybridized carbons (Fsp3) is 0.281. The lowest BCUT2D eigenvalue weighted by Crippen LogP contribution is -2.19. The average molecular weight is 555 g/mol. The Labute approximate surface area is 235 Å². The minimum atomic E-state index is -0.874. The van der Waals surface area contributed by atoms with Crippen LogP contribution in [0, 0.1) is 36.9 Å². The van der Waals surface area contributed by atoms with Crippen molar-refractivity contribution in [2.24, 2.45) is 5.92 Å². The van der Waals surface area contributed by atoms with Gasteiger partial charge >= 0.3 is 5.97 Å². The van der Waals surface area contributed by atoms with Crippen LogP contribution in [-0.4, -0.2) is 22.8 Å². The standard InChI is InChI=1S/C32H27FN2O6/c1-16(32(36)37)24-15-38-29-13-21(5-6-22(24)29)39-28-10-7-23-27(11-8-25(33)31(23)28)40-26-9-4-19(12-20(26)14-34)30-17(2)35-41-18(30)3/h4-6,8-9,11-13,16,24,28H,7,10,15H2,1-3H3,(H,36,37)/t16-,24-,28+/m0/s1. The minimum absolute atomic E-state index is 0.238. The number of nitrogens with zero attached hydrogens (tertiary/aromatic N) is 2. The molecule has 4 aromatic rings. The van der Waals surface area contributed by atoms with Gasteiger partial charge in [0.15, 0.2) is 0 Å². The molecule has 41 heavy (non-hydrogen) atoms. The molecule has 0 bridgehead atoms. The van der Waals surface area contributed by atoms with E-state index >= 15 is 4.39 Å². The summed E-state index contributed by atoms with van der Waals surface area (Å²) in [6.07, 6.45) is 0.532. The second-order valence-electron chi connectivity index (χ2n) is 10.5. The number of hydrogen-bond acceptors (Lipinski definition) is 7. The number of hydrogen-bond donors (Lipinski definition) is 1. The van der Waals surface area contributed by atoms with Crippen molar-refractivity contribution in [1.82, 2.24) is 5.16 Å². The highest BCUT2D eigenvalue weighted by Crippen LogP contribution is 2.45. The van der Waals surface area contributed by atoms with E-state index in [2.05, 4.69) is 11.2 Å². The van der Waals surface area contributed by atoms with Gasteiger partial charge < -0.3 is 23.8 Å². The van der Waals surface area contributed by atoms with Crippen molar-refractivity contribution in [3.8, 4) is 40.2 Å². The van der Waals surface area contributed by atoms with E-state index < -0.39 is 23.8 Å². The molecule has 0 spiro atoms. The van der Waals surface area contributed by atoms with Gasteiger partial charge in [-0.15, -0.1) is 0 Å². The molecule has 9 heteroatoms. The molecule has 3 aromatic carbocycles. The highest BCUT2D eigenvalue weighted by atomic mass is 19.1. The van der Waals surface area contributed by atoms with Gasteiger partial charge in [0.25, 0.3) is 0 Å². The van der Waals surface area contributed by atoms with Crippen LogP contribution in [0.15, 0.2) is 53.1 Å². The third-order valence-electron chi connectivity index (χ3n) is 7.96. The smallest absolute Gasteiger partial charge is 0.306 e. The monoisotopic (exact) mass is 554 g/mol. The van der Waals surface area contributed by atoms with Gasteiger partial charge in [0.05, 0.1) is 23.8 Å². The molecule has 2 heterocycles. The molecule has 0 saturated heterocycles. The maximum absolute atomic E-state index is 15.1. The molecule has 2 aliphatic rings. The third kappa shape index (κ3) is 4.65. The first kappa shape index (κ1) is 26.4. The minimum Gasteiger partial charge on any atom is -0.492 e. The number of nitriles is 1. The van der Waals surface area contributed by atoms with Crippen molar-refractivity contribution < 1.29 is 33.0 Å². The van der Waals surface area contributed by atoms with Gasteiger partial charge in [-0.05, 0) is 62.6 Å². The number of aryl methyl sites for hydroxylation is 2. The zero-order valence-corrected chi connectivity index (χ0v) is 22.7. The first-order valence-corrected chi connectivity index (χ1v) is 13.4. The maximum Gasteiger partial charge on any atom is 0.306 e. The van der Waals surface area contributed by atoms with Crippen LogP contribution in [0.5, 0.6) is 23.0 Å². The van der Waals surface area contributed by atoms with Gasteiger partial charge in [0, 0.05) is 34.2 Å². The van der Waals surface area contributed by atoms with E-state index in [-0.39, 0.29) is 12.5 Å². The number of carboxylic acid groups (broad SMARTS) is 1. The Bertz CT molecular complexity index is 1700. The normalized spacial score (nSPS) is 17.7. The number of ether oxygens (including phenoxy) is 3. The molecule has 208 valence electrons. The van der Waals surface area contributed by atoms with Crippen LogP contribution < -0.4 is 14.2 Å². The molecule has 3 atom stereocenters. The summed E-state index contributed by atoms with van der Waals surface area (Å²) in [5.74, 6) is 0.505. The van der Waals surface area contributed by atoms with E-state index in [1.165, 1.54) is 6.07 Å². The number of benzene rings is 3. The van der Waals surface area contributed by atoms with E-state index in [4.69, 9.17) is 18.7 Å². The molecule has 0 unspecified atom stereocenters. The Hall–Kier alpha value is -4.84. The van der Waals surface area contributed by atoms with Gasteiger partial charge in [-0.3, -0.25) is 4.79 Å². The Balaban J connectivity index is 1.25. The zero-order chi connectivity index (χ0) is 28.8. The van der Waals surface area contributed by atoms with Gasteiger partial charge in [-0.2, -0.15) is 5.26 Å². The molecule has 1 N–H and O–H groups in total. The molecule has 6 rings (SSSR count). The number of fused-ring (bicyclic) bond motifs is 2. The van der Waals surface area contributed by atoms with E-state index in [1.807, 2.05) is 26.0 Å². The number of carboxylic acids is 1. The van der Waals surface area contributed by atoms with Gasteiger partial charge in [0.1, 0.15) is 46.7 Å². The number of aliphatic carboxylic acids is 1. The SMILES string of the molecule is Cc1noc(C)c1-c1ccc(Oc2ccc(F)c3c2CC[C@H]3Oc2ccc3c(c2)OC[C@H]3[C@H](C)C(=O)O)c(C#N)c1. The average Bonchev–Trinajstić information content (AvgIpc) is 3.67. The molecule has 8 nitrogen and oxygen atoms in total. The Kier molecular flexibility index (Phi) is 6.62. The van der Waals surface area contributed by atoms with Crippen LogP contribution in [-0.2, 0) is 11.2 Å². The van der Waals surface area contributed by atoms with Crippen molar-refractivity contribution in [2.75, 3.05) is 6.61 Å². The number of halogens is 1.